The summed E-state index contributed by atoms with van der Waals surface area (Å²) in [5, 5.41) is 26.8. The van der Waals surface area contributed by atoms with E-state index in [0.29, 0.717) is 25.0 Å². The summed E-state index contributed by atoms with van der Waals surface area (Å²) in [5.74, 6) is 1.51. The van der Waals surface area contributed by atoms with Crippen LogP contribution in [0.15, 0.2) is 41.8 Å². The molecule has 7 heteroatoms. The Morgan fingerprint density at radius 1 is 1.18 bits per heavy atom. The minimum Gasteiger partial charge on any atom is -0.504 e. The second-order valence-electron chi connectivity index (χ2n) is 12.3. The lowest BCUT2D eigenvalue weighted by Crippen LogP contribution is -2.78. The Kier molecular flexibility index (Phi) is 4.88. The number of thiophene rings is 1. The van der Waals surface area contributed by atoms with Crippen LogP contribution in [0.4, 0.5) is 0 Å². The smallest absolute Gasteiger partial charge is 0.227 e. The molecule has 5 aliphatic rings. The fourth-order valence-corrected chi connectivity index (χ4v) is 9.46. The van der Waals surface area contributed by atoms with Crippen molar-refractivity contribution in [3.63, 3.8) is 0 Å². The Labute approximate surface area is 226 Å². The molecule has 3 heterocycles. The Morgan fingerprint density at radius 3 is 2.87 bits per heavy atom. The van der Waals surface area contributed by atoms with E-state index in [4.69, 9.17) is 4.74 Å². The maximum Gasteiger partial charge on any atom is 0.227 e. The molecular weight excluding hydrogens is 496 g/mol. The van der Waals surface area contributed by atoms with Crippen LogP contribution in [-0.4, -0.2) is 69.8 Å². The molecule has 2 bridgehead atoms. The molecule has 3 fully saturated rings. The summed E-state index contributed by atoms with van der Waals surface area (Å²) in [6.07, 6.45) is 5.46. The number of phenolic OH excluding ortho intramolecular Hbond substituents is 1. The summed E-state index contributed by atoms with van der Waals surface area (Å²) in [4.78, 5) is 18.2. The van der Waals surface area contributed by atoms with Crippen LogP contribution in [-0.2, 0) is 23.1 Å². The molecule has 3 aliphatic carbocycles. The van der Waals surface area contributed by atoms with Gasteiger partial charge in [-0.15, -0.1) is 11.3 Å². The number of rotatable bonds is 5. The molecule has 1 amide bonds. The normalized spacial score (nSPS) is 33.2. The highest BCUT2D eigenvalue weighted by Gasteiger charge is 2.73. The maximum atomic E-state index is 13.7. The van der Waals surface area contributed by atoms with E-state index in [1.54, 1.807) is 17.4 Å². The SMILES string of the molecule is CN(C(=O)Cc1csc2ccccc12)[C@H]1CC[C@@]2(O)[C@H]3Cc4ccc(O)c5c4[C@@]2(CCN3CC2CC2)[C@H]1O5. The van der Waals surface area contributed by atoms with Gasteiger partial charge in [-0.25, -0.2) is 0 Å². The predicted octanol–water partition coefficient (Wildman–Crippen LogP) is 4.24. The number of piperidine rings is 1. The van der Waals surface area contributed by atoms with Crippen LogP contribution in [0.1, 0.15) is 48.8 Å². The van der Waals surface area contributed by atoms with Gasteiger partial charge in [0.05, 0.1) is 23.5 Å². The molecule has 2 aromatic carbocycles. The van der Waals surface area contributed by atoms with Gasteiger partial charge in [0.25, 0.3) is 0 Å². The summed E-state index contributed by atoms with van der Waals surface area (Å²) >= 11 is 1.68. The lowest BCUT2D eigenvalue weighted by atomic mass is 9.48. The number of ether oxygens (including phenoxy) is 1. The first kappa shape index (κ1) is 23.3. The first-order valence-electron chi connectivity index (χ1n) is 14.1. The van der Waals surface area contributed by atoms with Crippen molar-refractivity contribution in [2.75, 3.05) is 20.1 Å². The van der Waals surface area contributed by atoms with Gasteiger partial charge < -0.3 is 19.8 Å². The number of aromatic hydroxyl groups is 1. The van der Waals surface area contributed by atoms with Gasteiger partial charge >= 0.3 is 0 Å². The second-order valence-corrected chi connectivity index (χ2v) is 13.2. The van der Waals surface area contributed by atoms with E-state index in [-0.39, 0.29) is 29.8 Å². The van der Waals surface area contributed by atoms with Crippen LogP contribution >= 0.6 is 11.3 Å². The molecule has 1 spiro atoms. The molecule has 0 radical (unpaired) electrons. The zero-order chi connectivity index (χ0) is 25.8. The second kappa shape index (κ2) is 7.96. The largest absolute Gasteiger partial charge is 0.504 e. The monoisotopic (exact) mass is 530 g/mol. The van der Waals surface area contributed by atoms with Gasteiger partial charge in [0, 0.05) is 29.9 Å². The molecule has 2 N–H and O–H groups in total. The average Bonchev–Trinajstić information content (AvgIpc) is 3.53. The predicted molar refractivity (Wildman–Crippen MR) is 147 cm³/mol. The molecule has 8 rings (SSSR count). The number of fused-ring (bicyclic) bond motifs is 1. The standard InChI is InChI=1S/C31H34N2O4S/c1-32(26(35)15-20-17-38-24-5-3-2-4-21(20)24)22-10-11-31(36)25-14-19-8-9-23(34)28-27(19)30(31,29(22)37-28)12-13-33(25)16-18-6-7-18/h2-5,8-9,17-18,22,25,29,34,36H,6-7,10-16H2,1H3/t22-,25+,29-,30-,31+/m0/s1. The number of benzene rings is 2. The topological polar surface area (TPSA) is 73.2 Å². The van der Waals surface area contributed by atoms with E-state index in [1.165, 1.54) is 23.1 Å². The van der Waals surface area contributed by atoms with Crippen LogP contribution in [0.25, 0.3) is 10.1 Å². The molecule has 6 nitrogen and oxygen atoms in total. The fourth-order valence-electron chi connectivity index (χ4n) is 8.49. The van der Waals surface area contributed by atoms with Crippen molar-refractivity contribution in [1.29, 1.82) is 0 Å². The maximum absolute atomic E-state index is 13.7. The molecule has 0 unspecified atom stereocenters. The van der Waals surface area contributed by atoms with Gasteiger partial charge in [-0.1, -0.05) is 24.3 Å². The van der Waals surface area contributed by atoms with Gasteiger partial charge in [-0.05, 0) is 85.0 Å². The van der Waals surface area contributed by atoms with Gasteiger partial charge in [-0.2, -0.15) is 0 Å². The first-order chi connectivity index (χ1) is 18.4. The fraction of sp³-hybridized carbons (Fsp3) is 0.516. The van der Waals surface area contributed by atoms with Crippen molar-refractivity contribution in [2.45, 2.75) is 74.1 Å². The van der Waals surface area contributed by atoms with Gasteiger partial charge in [0.2, 0.25) is 5.91 Å². The summed E-state index contributed by atoms with van der Waals surface area (Å²) in [6, 6.07) is 11.9. The number of likely N-dealkylation sites (N-methyl/N-ethyl adjacent to an activating group) is 1. The van der Waals surface area contributed by atoms with Crippen LogP contribution in [0, 0.1) is 5.92 Å². The Morgan fingerprint density at radius 2 is 2.03 bits per heavy atom. The van der Waals surface area contributed by atoms with E-state index < -0.39 is 11.0 Å². The molecule has 1 aromatic heterocycles. The molecule has 3 aromatic rings. The number of nitrogens with zero attached hydrogens (tertiary/aromatic N) is 2. The Bertz CT molecular complexity index is 1470. The Hall–Kier alpha value is -2.61. The van der Waals surface area contributed by atoms with E-state index in [0.717, 1.165) is 48.4 Å². The molecule has 1 saturated heterocycles. The van der Waals surface area contributed by atoms with E-state index >= 15 is 0 Å². The van der Waals surface area contributed by atoms with Crippen molar-refractivity contribution >= 4 is 27.3 Å². The highest BCUT2D eigenvalue weighted by molar-refractivity contribution is 7.17. The number of carbonyl (C=O) groups is 1. The van der Waals surface area contributed by atoms with Crippen LogP contribution < -0.4 is 4.74 Å². The third kappa shape index (κ3) is 2.98. The molecular formula is C31H34N2O4S. The van der Waals surface area contributed by atoms with Crippen molar-refractivity contribution in [2.24, 2.45) is 5.92 Å². The number of hydrogen-bond acceptors (Lipinski definition) is 6. The number of amides is 1. The van der Waals surface area contributed by atoms with Gasteiger partial charge in [-0.3, -0.25) is 9.69 Å². The zero-order valence-electron chi connectivity index (χ0n) is 21.7. The lowest BCUT2D eigenvalue weighted by Gasteiger charge is -2.64. The number of carbonyl (C=O) groups excluding carboxylic acids is 1. The quantitative estimate of drug-likeness (QED) is 0.516. The summed E-state index contributed by atoms with van der Waals surface area (Å²) < 4.78 is 7.87. The number of phenols is 1. The Balaban J connectivity index is 1.16. The minimum absolute atomic E-state index is 0.0464. The lowest BCUT2D eigenvalue weighted by molar-refractivity contribution is -0.200. The average molecular weight is 531 g/mol. The van der Waals surface area contributed by atoms with Crippen molar-refractivity contribution in [3.05, 3.63) is 58.5 Å². The third-order valence-electron chi connectivity index (χ3n) is 10.5. The zero-order valence-corrected chi connectivity index (χ0v) is 22.5. The molecule has 2 aliphatic heterocycles. The first-order valence-corrected chi connectivity index (χ1v) is 15.0. The number of aliphatic hydroxyl groups is 1. The van der Waals surface area contributed by atoms with Crippen molar-refractivity contribution < 1.29 is 19.7 Å². The summed E-state index contributed by atoms with van der Waals surface area (Å²) in [5.41, 5.74) is 1.73. The van der Waals surface area contributed by atoms with Gasteiger partial charge in [0.15, 0.2) is 11.5 Å². The van der Waals surface area contributed by atoms with Crippen molar-refractivity contribution in [1.82, 2.24) is 9.80 Å². The van der Waals surface area contributed by atoms with Gasteiger partial charge in [0.1, 0.15) is 6.10 Å². The highest BCUT2D eigenvalue weighted by Crippen LogP contribution is 2.66. The highest BCUT2D eigenvalue weighted by atomic mass is 32.1. The molecule has 38 heavy (non-hydrogen) atoms. The number of hydrogen-bond donors (Lipinski definition) is 2. The summed E-state index contributed by atoms with van der Waals surface area (Å²) in [6.45, 7) is 1.98. The van der Waals surface area contributed by atoms with Crippen LogP contribution in [0.3, 0.4) is 0 Å². The van der Waals surface area contributed by atoms with E-state index in [1.807, 2.05) is 30.1 Å². The van der Waals surface area contributed by atoms with Crippen LogP contribution in [0.5, 0.6) is 11.5 Å². The van der Waals surface area contributed by atoms with Crippen LogP contribution in [0.2, 0.25) is 0 Å². The number of likely N-dealkylation sites (tertiary alicyclic amines) is 1. The molecule has 198 valence electrons. The van der Waals surface area contributed by atoms with E-state index in [2.05, 4.69) is 22.4 Å². The third-order valence-corrected chi connectivity index (χ3v) is 11.5. The minimum atomic E-state index is -0.930. The molecule has 2 saturated carbocycles. The molecule has 5 atom stereocenters. The van der Waals surface area contributed by atoms with E-state index in [9.17, 15) is 15.0 Å². The summed E-state index contributed by atoms with van der Waals surface area (Å²) in [7, 11) is 1.90. The van der Waals surface area contributed by atoms with Crippen molar-refractivity contribution in [3.8, 4) is 11.5 Å².